The largest absolute Gasteiger partial charge is 0.487 e. The summed E-state index contributed by atoms with van der Waals surface area (Å²) in [5.41, 5.74) is 2.65. The number of carboxylic acids is 1. The third-order valence-electron chi connectivity index (χ3n) is 3.40. The van der Waals surface area contributed by atoms with Crippen LogP contribution in [0.5, 0.6) is 5.75 Å². The van der Waals surface area contributed by atoms with Crippen LogP contribution in [0.4, 0.5) is 0 Å². The zero-order valence-corrected chi connectivity index (χ0v) is 11.6. The first-order chi connectivity index (χ1) is 10.2. The molecule has 2 aromatic heterocycles. The van der Waals surface area contributed by atoms with Gasteiger partial charge in [-0.1, -0.05) is 30.3 Å². The topological polar surface area (TPSA) is 50.9 Å². The highest BCUT2D eigenvalue weighted by molar-refractivity contribution is 5.99. The van der Waals surface area contributed by atoms with Gasteiger partial charge in [0.25, 0.3) is 0 Å². The van der Waals surface area contributed by atoms with E-state index in [1.54, 1.807) is 23.6 Å². The summed E-state index contributed by atoms with van der Waals surface area (Å²) in [4.78, 5) is 11.5. The maximum atomic E-state index is 11.5. The number of hydrogen-bond donors (Lipinski definition) is 1. The number of nitrogens with zero attached hydrogens (tertiary/aromatic N) is 1. The van der Waals surface area contributed by atoms with Gasteiger partial charge in [0.2, 0.25) is 0 Å². The second kappa shape index (κ2) is 5.32. The number of pyridine rings is 1. The van der Waals surface area contributed by atoms with Gasteiger partial charge in [-0.25, -0.2) is 4.79 Å². The smallest absolute Gasteiger partial charge is 0.338 e. The molecule has 2 heterocycles. The molecule has 1 aromatic carbocycles. The highest BCUT2D eigenvalue weighted by Crippen LogP contribution is 2.28. The number of aryl methyl sites for hydroxylation is 1. The maximum absolute atomic E-state index is 11.5. The van der Waals surface area contributed by atoms with Gasteiger partial charge in [-0.05, 0) is 30.2 Å². The van der Waals surface area contributed by atoms with Crippen molar-refractivity contribution in [3.63, 3.8) is 0 Å². The second-order valence-electron chi connectivity index (χ2n) is 4.89. The van der Waals surface area contributed by atoms with E-state index in [2.05, 4.69) is 0 Å². The lowest BCUT2D eigenvalue weighted by Gasteiger charge is -2.09. The molecule has 0 atom stereocenters. The van der Waals surface area contributed by atoms with Crippen LogP contribution in [0.2, 0.25) is 0 Å². The van der Waals surface area contributed by atoms with Crippen LogP contribution in [0.1, 0.15) is 21.5 Å². The number of carboxylic acid groups (broad SMARTS) is 1. The number of aromatic carboxylic acids is 1. The Balaban J connectivity index is 2.00. The number of ether oxygens (including phenoxy) is 1. The Morgan fingerprint density at radius 3 is 2.67 bits per heavy atom. The van der Waals surface area contributed by atoms with Gasteiger partial charge in [0, 0.05) is 12.4 Å². The number of hydrogen-bond acceptors (Lipinski definition) is 2. The molecule has 0 unspecified atom stereocenters. The number of aromatic nitrogens is 1. The molecule has 0 saturated carbocycles. The quantitative estimate of drug-likeness (QED) is 0.796. The molecular formula is C17H15NO3. The van der Waals surface area contributed by atoms with Crippen molar-refractivity contribution < 1.29 is 14.6 Å². The van der Waals surface area contributed by atoms with Crippen molar-refractivity contribution in [1.29, 1.82) is 0 Å². The van der Waals surface area contributed by atoms with Gasteiger partial charge >= 0.3 is 5.97 Å². The lowest BCUT2D eigenvalue weighted by molar-refractivity contribution is 0.0698. The van der Waals surface area contributed by atoms with Gasteiger partial charge in [0.15, 0.2) is 0 Å². The van der Waals surface area contributed by atoms with Crippen LogP contribution < -0.4 is 4.74 Å². The molecule has 21 heavy (non-hydrogen) atoms. The minimum absolute atomic E-state index is 0.290. The molecule has 0 aliphatic rings. The van der Waals surface area contributed by atoms with E-state index in [-0.39, 0.29) is 0 Å². The molecule has 0 saturated heterocycles. The van der Waals surface area contributed by atoms with Crippen LogP contribution in [-0.2, 0) is 6.61 Å². The fraction of sp³-hybridized carbons (Fsp3) is 0.118. The van der Waals surface area contributed by atoms with Gasteiger partial charge in [0.05, 0.1) is 5.56 Å². The Kier molecular flexibility index (Phi) is 3.36. The first-order valence-corrected chi connectivity index (χ1v) is 6.67. The zero-order valence-electron chi connectivity index (χ0n) is 11.6. The van der Waals surface area contributed by atoms with Crippen LogP contribution in [0, 0.1) is 6.92 Å². The maximum Gasteiger partial charge on any atom is 0.338 e. The predicted molar refractivity (Wildman–Crippen MR) is 79.9 cm³/mol. The van der Waals surface area contributed by atoms with E-state index in [1.807, 2.05) is 42.6 Å². The Morgan fingerprint density at radius 1 is 1.19 bits per heavy atom. The van der Waals surface area contributed by atoms with Crippen molar-refractivity contribution in [3.05, 3.63) is 71.5 Å². The van der Waals surface area contributed by atoms with Crippen molar-refractivity contribution in [3.8, 4) is 5.75 Å². The fourth-order valence-corrected chi connectivity index (χ4v) is 2.45. The summed E-state index contributed by atoms with van der Waals surface area (Å²) >= 11 is 0. The summed E-state index contributed by atoms with van der Waals surface area (Å²) in [6.07, 6.45) is 3.62. The normalized spacial score (nSPS) is 10.7. The molecule has 106 valence electrons. The van der Waals surface area contributed by atoms with E-state index in [9.17, 15) is 9.90 Å². The molecule has 4 nitrogen and oxygen atoms in total. The summed E-state index contributed by atoms with van der Waals surface area (Å²) < 4.78 is 7.62. The third-order valence-corrected chi connectivity index (χ3v) is 3.40. The fourth-order valence-electron chi connectivity index (χ4n) is 2.45. The Labute approximate surface area is 122 Å². The molecule has 4 heteroatoms. The van der Waals surface area contributed by atoms with Gasteiger partial charge < -0.3 is 14.2 Å². The Bertz CT molecular complexity index is 790. The molecule has 0 radical (unpaired) electrons. The van der Waals surface area contributed by atoms with Crippen molar-refractivity contribution in [2.75, 3.05) is 0 Å². The van der Waals surface area contributed by atoms with E-state index in [0.717, 1.165) is 11.1 Å². The molecule has 0 fully saturated rings. The molecule has 1 N–H and O–H groups in total. The van der Waals surface area contributed by atoms with Crippen molar-refractivity contribution >= 4 is 11.5 Å². The SMILES string of the molecule is Cc1cn2cccc(OCc3ccccc3)c2c1C(=O)O. The predicted octanol–water partition coefficient (Wildman–Crippen LogP) is 3.52. The van der Waals surface area contributed by atoms with Gasteiger partial charge in [-0.3, -0.25) is 0 Å². The average Bonchev–Trinajstić information content (AvgIpc) is 2.82. The van der Waals surface area contributed by atoms with E-state index in [1.165, 1.54) is 0 Å². The lowest BCUT2D eigenvalue weighted by atomic mass is 10.2. The molecule has 0 bridgehead atoms. The zero-order chi connectivity index (χ0) is 14.8. The third kappa shape index (κ3) is 2.48. The highest BCUT2D eigenvalue weighted by Gasteiger charge is 2.18. The van der Waals surface area contributed by atoms with Crippen LogP contribution >= 0.6 is 0 Å². The average molecular weight is 281 g/mol. The first-order valence-electron chi connectivity index (χ1n) is 6.67. The monoisotopic (exact) mass is 281 g/mol. The molecule has 0 spiro atoms. The minimum Gasteiger partial charge on any atom is -0.487 e. The number of carbonyl (C=O) groups is 1. The summed E-state index contributed by atoms with van der Waals surface area (Å²) in [6.45, 7) is 2.20. The Hall–Kier alpha value is -2.75. The molecule has 3 aromatic rings. The van der Waals surface area contributed by atoms with E-state index in [0.29, 0.717) is 23.4 Å². The second-order valence-corrected chi connectivity index (χ2v) is 4.89. The summed E-state index contributed by atoms with van der Waals surface area (Å²) in [5, 5.41) is 9.39. The van der Waals surface area contributed by atoms with Crippen LogP contribution in [0.25, 0.3) is 5.52 Å². The van der Waals surface area contributed by atoms with Gasteiger partial charge in [0.1, 0.15) is 17.9 Å². The summed E-state index contributed by atoms with van der Waals surface area (Å²) in [5.74, 6) is -0.363. The lowest BCUT2D eigenvalue weighted by Crippen LogP contribution is -2.01. The Morgan fingerprint density at radius 2 is 1.95 bits per heavy atom. The molecule has 0 amide bonds. The van der Waals surface area contributed by atoms with Crippen molar-refractivity contribution in [2.45, 2.75) is 13.5 Å². The van der Waals surface area contributed by atoms with E-state index < -0.39 is 5.97 Å². The summed E-state index contributed by atoms with van der Waals surface area (Å²) in [6, 6.07) is 13.4. The molecular weight excluding hydrogens is 266 g/mol. The van der Waals surface area contributed by atoms with Gasteiger partial charge in [-0.15, -0.1) is 0 Å². The molecule has 3 rings (SSSR count). The molecule has 0 aliphatic heterocycles. The van der Waals surface area contributed by atoms with Crippen molar-refractivity contribution in [1.82, 2.24) is 4.40 Å². The first kappa shape index (κ1) is 13.2. The summed E-state index contributed by atoms with van der Waals surface area (Å²) in [7, 11) is 0. The van der Waals surface area contributed by atoms with Crippen molar-refractivity contribution in [2.24, 2.45) is 0 Å². The number of rotatable bonds is 4. The van der Waals surface area contributed by atoms with Crippen LogP contribution in [0.15, 0.2) is 54.9 Å². The number of fused-ring (bicyclic) bond motifs is 1. The van der Waals surface area contributed by atoms with Crippen LogP contribution in [-0.4, -0.2) is 15.5 Å². The van der Waals surface area contributed by atoms with Crippen LogP contribution in [0.3, 0.4) is 0 Å². The standard InChI is InChI=1S/C17H15NO3/c1-12-10-18-9-5-8-14(16(18)15(12)17(19)20)21-11-13-6-3-2-4-7-13/h2-10H,11H2,1H3,(H,19,20). The highest BCUT2D eigenvalue weighted by atomic mass is 16.5. The number of benzene rings is 1. The van der Waals surface area contributed by atoms with Gasteiger partial charge in [-0.2, -0.15) is 0 Å². The van der Waals surface area contributed by atoms with E-state index >= 15 is 0 Å². The van der Waals surface area contributed by atoms with E-state index in [4.69, 9.17) is 4.74 Å². The minimum atomic E-state index is -0.939. The molecule has 0 aliphatic carbocycles.